The fraction of sp³-hybridized carbons (Fsp3) is 0.533. The Hall–Kier alpha value is -1.51. The van der Waals surface area contributed by atoms with Crippen LogP contribution in [0, 0.1) is 5.41 Å². The third-order valence-corrected chi connectivity index (χ3v) is 2.87. The van der Waals surface area contributed by atoms with Crippen LogP contribution in [0.5, 0.6) is 5.75 Å². The number of hydrogen-bond donors (Lipinski definition) is 1. The molecule has 1 N–H and O–H groups in total. The Labute approximate surface area is 109 Å². The van der Waals surface area contributed by atoms with Crippen LogP contribution in [-0.4, -0.2) is 18.2 Å². The van der Waals surface area contributed by atoms with Crippen molar-refractivity contribution < 1.29 is 14.6 Å². The number of rotatable bonds is 4. The van der Waals surface area contributed by atoms with Gasteiger partial charge in [-0.25, -0.2) is 0 Å². The lowest BCUT2D eigenvalue weighted by Crippen LogP contribution is -2.12. The van der Waals surface area contributed by atoms with Crippen LogP contribution in [0.3, 0.4) is 0 Å². The van der Waals surface area contributed by atoms with Crippen molar-refractivity contribution in [1.29, 1.82) is 0 Å². The number of carboxylic acid groups (broad SMARTS) is 1. The Kier molecular flexibility index (Phi) is 4.38. The van der Waals surface area contributed by atoms with Crippen LogP contribution in [-0.2, 0) is 11.2 Å². The summed E-state index contributed by atoms with van der Waals surface area (Å²) < 4.78 is 5.24. The molecule has 0 radical (unpaired) electrons. The first-order chi connectivity index (χ1) is 8.24. The molecule has 0 saturated carbocycles. The van der Waals surface area contributed by atoms with Crippen molar-refractivity contribution in [1.82, 2.24) is 0 Å². The molecule has 100 valence electrons. The van der Waals surface area contributed by atoms with Gasteiger partial charge in [0.2, 0.25) is 0 Å². The first-order valence-corrected chi connectivity index (χ1v) is 6.14. The van der Waals surface area contributed by atoms with Crippen molar-refractivity contribution in [2.45, 2.75) is 40.0 Å². The van der Waals surface area contributed by atoms with E-state index in [0.717, 1.165) is 17.5 Å². The standard InChI is InChI=1S/C15H22O3/c1-10(14(16)17)12-8-11(9-15(2,3)4)6-7-13(12)18-5/h6-8,10H,9H2,1-5H3,(H,16,17). The molecule has 0 fully saturated rings. The molecule has 1 rings (SSSR count). The van der Waals surface area contributed by atoms with Gasteiger partial charge in [0.05, 0.1) is 13.0 Å². The van der Waals surface area contributed by atoms with Crippen molar-refractivity contribution in [3.05, 3.63) is 29.3 Å². The first kappa shape index (κ1) is 14.6. The monoisotopic (exact) mass is 250 g/mol. The van der Waals surface area contributed by atoms with Crippen LogP contribution >= 0.6 is 0 Å². The molecule has 0 heterocycles. The molecule has 0 amide bonds. The third kappa shape index (κ3) is 3.76. The zero-order chi connectivity index (χ0) is 13.9. The van der Waals surface area contributed by atoms with Crippen molar-refractivity contribution in [2.24, 2.45) is 5.41 Å². The zero-order valence-electron chi connectivity index (χ0n) is 11.8. The SMILES string of the molecule is COc1ccc(CC(C)(C)C)cc1C(C)C(=O)O. The Balaban J connectivity index is 3.13. The highest BCUT2D eigenvalue weighted by Gasteiger charge is 2.20. The third-order valence-electron chi connectivity index (χ3n) is 2.87. The van der Waals surface area contributed by atoms with Gasteiger partial charge in [-0.05, 0) is 30.4 Å². The maximum atomic E-state index is 11.1. The number of hydrogen-bond acceptors (Lipinski definition) is 2. The summed E-state index contributed by atoms with van der Waals surface area (Å²) in [5, 5.41) is 9.12. The van der Waals surface area contributed by atoms with Gasteiger partial charge in [0.1, 0.15) is 5.75 Å². The molecule has 0 aliphatic heterocycles. The predicted octanol–water partition coefficient (Wildman–Crippen LogP) is 3.47. The highest BCUT2D eigenvalue weighted by atomic mass is 16.5. The molecular weight excluding hydrogens is 228 g/mol. The quantitative estimate of drug-likeness (QED) is 0.890. The summed E-state index contributed by atoms with van der Waals surface area (Å²) in [4.78, 5) is 11.1. The van der Waals surface area contributed by atoms with Gasteiger partial charge in [-0.15, -0.1) is 0 Å². The molecule has 1 unspecified atom stereocenters. The molecule has 0 aliphatic rings. The number of carboxylic acids is 1. The normalized spacial score (nSPS) is 13.2. The van der Waals surface area contributed by atoms with E-state index < -0.39 is 11.9 Å². The molecule has 0 saturated heterocycles. The molecular formula is C15H22O3. The van der Waals surface area contributed by atoms with Gasteiger partial charge in [-0.3, -0.25) is 4.79 Å². The lowest BCUT2D eigenvalue weighted by Gasteiger charge is -2.20. The first-order valence-electron chi connectivity index (χ1n) is 6.14. The van der Waals surface area contributed by atoms with Gasteiger partial charge in [-0.2, -0.15) is 0 Å². The Morgan fingerprint density at radius 3 is 2.44 bits per heavy atom. The molecule has 1 aromatic rings. The van der Waals surface area contributed by atoms with Crippen LogP contribution in [0.25, 0.3) is 0 Å². The topological polar surface area (TPSA) is 46.5 Å². The maximum absolute atomic E-state index is 11.1. The van der Waals surface area contributed by atoms with Crippen LogP contribution < -0.4 is 4.74 Å². The van der Waals surface area contributed by atoms with Gasteiger partial charge < -0.3 is 9.84 Å². The van der Waals surface area contributed by atoms with E-state index in [9.17, 15) is 4.79 Å². The molecule has 1 atom stereocenters. The minimum Gasteiger partial charge on any atom is -0.496 e. The lowest BCUT2D eigenvalue weighted by molar-refractivity contribution is -0.138. The Morgan fingerprint density at radius 2 is 2.00 bits per heavy atom. The van der Waals surface area contributed by atoms with E-state index in [1.54, 1.807) is 14.0 Å². The van der Waals surface area contributed by atoms with Crippen molar-refractivity contribution in [2.75, 3.05) is 7.11 Å². The minimum absolute atomic E-state index is 0.179. The summed E-state index contributed by atoms with van der Waals surface area (Å²) >= 11 is 0. The Morgan fingerprint density at radius 1 is 1.39 bits per heavy atom. The van der Waals surface area contributed by atoms with Gasteiger partial charge in [0, 0.05) is 5.56 Å². The molecule has 0 aromatic heterocycles. The summed E-state index contributed by atoms with van der Waals surface area (Å²) in [5.41, 5.74) is 2.07. The summed E-state index contributed by atoms with van der Waals surface area (Å²) in [6, 6.07) is 5.81. The van der Waals surface area contributed by atoms with Gasteiger partial charge in [-0.1, -0.05) is 32.9 Å². The zero-order valence-corrected chi connectivity index (χ0v) is 11.8. The van der Waals surface area contributed by atoms with E-state index in [2.05, 4.69) is 20.8 Å². The second-order valence-corrected chi connectivity index (χ2v) is 5.87. The molecule has 0 bridgehead atoms. The second kappa shape index (κ2) is 5.42. The summed E-state index contributed by atoms with van der Waals surface area (Å²) in [6.07, 6.45) is 0.913. The van der Waals surface area contributed by atoms with E-state index in [0.29, 0.717) is 5.75 Å². The largest absolute Gasteiger partial charge is 0.496 e. The van der Waals surface area contributed by atoms with Crippen molar-refractivity contribution >= 4 is 5.97 Å². The average Bonchev–Trinajstić information content (AvgIpc) is 2.25. The van der Waals surface area contributed by atoms with Gasteiger partial charge in [0.15, 0.2) is 0 Å². The van der Waals surface area contributed by atoms with Crippen LogP contribution in [0.1, 0.15) is 44.7 Å². The van der Waals surface area contributed by atoms with Crippen molar-refractivity contribution in [3.63, 3.8) is 0 Å². The van der Waals surface area contributed by atoms with E-state index >= 15 is 0 Å². The summed E-state index contributed by atoms with van der Waals surface area (Å²) in [6.45, 7) is 8.17. The molecule has 0 spiro atoms. The van der Waals surface area contributed by atoms with E-state index in [4.69, 9.17) is 9.84 Å². The number of methoxy groups -OCH3 is 1. The smallest absolute Gasteiger partial charge is 0.310 e. The maximum Gasteiger partial charge on any atom is 0.310 e. The Bertz CT molecular complexity index is 430. The minimum atomic E-state index is -0.832. The molecule has 3 nitrogen and oxygen atoms in total. The van der Waals surface area contributed by atoms with Crippen molar-refractivity contribution in [3.8, 4) is 5.75 Å². The molecule has 18 heavy (non-hydrogen) atoms. The highest BCUT2D eigenvalue weighted by Crippen LogP contribution is 2.30. The molecule has 1 aromatic carbocycles. The van der Waals surface area contributed by atoms with Crippen LogP contribution in [0.2, 0.25) is 0 Å². The number of carbonyl (C=O) groups is 1. The van der Waals surface area contributed by atoms with Crippen LogP contribution in [0.4, 0.5) is 0 Å². The van der Waals surface area contributed by atoms with E-state index in [-0.39, 0.29) is 5.41 Å². The predicted molar refractivity (Wildman–Crippen MR) is 72.2 cm³/mol. The second-order valence-electron chi connectivity index (χ2n) is 5.87. The fourth-order valence-electron chi connectivity index (χ4n) is 1.98. The summed E-state index contributed by atoms with van der Waals surface area (Å²) in [7, 11) is 1.57. The number of ether oxygens (including phenoxy) is 1. The van der Waals surface area contributed by atoms with Crippen LogP contribution in [0.15, 0.2) is 18.2 Å². The van der Waals surface area contributed by atoms with Gasteiger partial charge in [0.25, 0.3) is 0 Å². The average molecular weight is 250 g/mol. The van der Waals surface area contributed by atoms with E-state index in [1.807, 2.05) is 18.2 Å². The van der Waals surface area contributed by atoms with E-state index in [1.165, 1.54) is 0 Å². The van der Waals surface area contributed by atoms with Gasteiger partial charge >= 0.3 is 5.97 Å². The number of benzene rings is 1. The highest BCUT2D eigenvalue weighted by molar-refractivity contribution is 5.76. The number of aliphatic carboxylic acids is 1. The molecule has 0 aliphatic carbocycles. The summed E-state index contributed by atoms with van der Waals surface area (Å²) in [5.74, 6) is -0.747. The lowest BCUT2D eigenvalue weighted by atomic mass is 9.86. The fourth-order valence-corrected chi connectivity index (χ4v) is 1.98. The molecule has 3 heteroatoms.